The molecule has 2 N–H and O–H groups in total. The first-order valence-corrected chi connectivity index (χ1v) is 11.0. The fourth-order valence-electron chi connectivity index (χ4n) is 3.15. The Morgan fingerprint density at radius 2 is 1.90 bits per heavy atom. The van der Waals surface area contributed by atoms with Gasteiger partial charge in [-0.25, -0.2) is 9.97 Å². The summed E-state index contributed by atoms with van der Waals surface area (Å²) in [6.45, 7) is 4.78. The third kappa shape index (κ3) is 5.66. The Morgan fingerprint density at radius 1 is 1.13 bits per heavy atom. The van der Waals surface area contributed by atoms with E-state index in [0.29, 0.717) is 16.7 Å². The molecule has 1 amide bonds. The number of carbonyl (C=O) groups is 1. The van der Waals surface area contributed by atoms with Gasteiger partial charge in [-0.15, -0.1) is 0 Å². The number of aromatic nitrogens is 2. The summed E-state index contributed by atoms with van der Waals surface area (Å²) in [4.78, 5) is 23.3. The summed E-state index contributed by atoms with van der Waals surface area (Å²) in [5.41, 5.74) is 2.66. The van der Waals surface area contributed by atoms with Crippen molar-refractivity contribution in [2.75, 3.05) is 41.8 Å². The van der Waals surface area contributed by atoms with Gasteiger partial charge in [-0.05, 0) is 42.5 Å². The van der Waals surface area contributed by atoms with Gasteiger partial charge >= 0.3 is 0 Å². The van der Waals surface area contributed by atoms with Gasteiger partial charge in [-0.2, -0.15) is 0 Å². The van der Waals surface area contributed by atoms with Crippen molar-refractivity contribution in [3.63, 3.8) is 0 Å². The van der Waals surface area contributed by atoms with Crippen LogP contribution in [0.2, 0.25) is 5.02 Å². The first-order valence-electron chi connectivity index (χ1n) is 9.85. The summed E-state index contributed by atoms with van der Waals surface area (Å²) in [6.07, 6.45) is 1.70. The highest BCUT2D eigenvalue weighted by Crippen LogP contribution is 2.36. The van der Waals surface area contributed by atoms with E-state index >= 15 is 0 Å². The second-order valence-electron chi connectivity index (χ2n) is 6.89. The van der Waals surface area contributed by atoms with Crippen LogP contribution in [0.4, 0.5) is 23.0 Å². The molecule has 2 heterocycles. The third-order valence-electron chi connectivity index (χ3n) is 4.62. The highest BCUT2D eigenvalue weighted by molar-refractivity contribution is 7.99. The molecule has 0 atom stereocenters. The van der Waals surface area contributed by atoms with Gasteiger partial charge in [0.2, 0.25) is 11.9 Å². The number of halogens is 1. The van der Waals surface area contributed by atoms with Gasteiger partial charge in [0.05, 0.1) is 23.9 Å². The molecule has 1 aliphatic rings. The van der Waals surface area contributed by atoms with Crippen LogP contribution in [0.25, 0.3) is 0 Å². The van der Waals surface area contributed by atoms with Crippen molar-refractivity contribution in [1.29, 1.82) is 0 Å². The summed E-state index contributed by atoms with van der Waals surface area (Å²) >= 11 is 7.85. The third-order valence-corrected chi connectivity index (χ3v) is 6.13. The number of nitrogens with one attached hydrogen (secondary N) is 2. The molecule has 1 aromatic heterocycles. The molecule has 0 spiro atoms. The van der Waals surface area contributed by atoms with Gasteiger partial charge < -0.3 is 20.3 Å². The fourth-order valence-corrected chi connectivity index (χ4v) is 4.28. The van der Waals surface area contributed by atoms with Gasteiger partial charge in [-0.3, -0.25) is 4.79 Å². The number of hydrogen-bond donors (Lipinski definition) is 2. The van der Waals surface area contributed by atoms with Gasteiger partial charge in [-0.1, -0.05) is 29.4 Å². The average Bonchev–Trinajstić information content (AvgIpc) is 2.78. The molecular weight excluding hydrogens is 434 g/mol. The number of anilines is 4. The Kier molecular flexibility index (Phi) is 6.91. The number of carbonyl (C=O) groups excluding carboxylic acids is 1. The van der Waals surface area contributed by atoms with Crippen LogP contribution >= 0.6 is 23.4 Å². The summed E-state index contributed by atoms with van der Waals surface area (Å²) in [5, 5.41) is 7.20. The molecule has 1 fully saturated rings. The average molecular weight is 456 g/mol. The number of amides is 1. The highest BCUT2D eigenvalue weighted by atomic mass is 35.5. The van der Waals surface area contributed by atoms with Gasteiger partial charge in [0, 0.05) is 42.5 Å². The molecule has 31 heavy (non-hydrogen) atoms. The molecule has 1 aliphatic heterocycles. The number of rotatable bonds is 6. The molecule has 9 heteroatoms. The van der Waals surface area contributed by atoms with Crippen molar-refractivity contribution in [3.8, 4) is 0 Å². The summed E-state index contributed by atoms with van der Waals surface area (Å²) in [7, 11) is 0. The molecule has 160 valence electrons. The molecule has 3 aromatic rings. The maximum atomic E-state index is 11.4. The molecule has 7 nitrogen and oxygen atoms in total. The van der Waals surface area contributed by atoms with E-state index in [2.05, 4.69) is 37.6 Å². The molecule has 0 unspecified atom stereocenters. The van der Waals surface area contributed by atoms with E-state index in [9.17, 15) is 4.79 Å². The number of nitrogens with zero attached hydrogens (tertiary/aromatic N) is 3. The smallest absolute Gasteiger partial charge is 0.228 e. The minimum Gasteiger partial charge on any atom is -0.378 e. The molecular formula is C22H22ClN5O2S. The van der Waals surface area contributed by atoms with E-state index in [1.165, 1.54) is 24.4 Å². The van der Waals surface area contributed by atoms with Crippen LogP contribution in [-0.2, 0) is 9.53 Å². The maximum absolute atomic E-state index is 11.4. The lowest BCUT2D eigenvalue weighted by Gasteiger charge is -2.28. The molecule has 4 rings (SSSR count). The lowest BCUT2D eigenvalue weighted by molar-refractivity contribution is -0.114. The Hall–Kier alpha value is -2.81. The zero-order chi connectivity index (χ0) is 21.6. The van der Waals surface area contributed by atoms with E-state index in [-0.39, 0.29) is 5.91 Å². The topological polar surface area (TPSA) is 79.4 Å². The molecule has 2 aromatic carbocycles. The second kappa shape index (κ2) is 10.00. The van der Waals surface area contributed by atoms with Crippen molar-refractivity contribution in [2.45, 2.75) is 16.8 Å². The first kappa shape index (κ1) is 21.4. The van der Waals surface area contributed by atoms with Crippen molar-refractivity contribution < 1.29 is 9.53 Å². The lowest BCUT2D eigenvalue weighted by Crippen LogP contribution is -2.36. The SMILES string of the molecule is CC(=O)Nc1cccc(Sc2ccnc(Nc3ccc(N4CCOCC4)cc3)n2)c1Cl. The van der Waals surface area contributed by atoms with Gasteiger partial charge in [0.1, 0.15) is 5.03 Å². The predicted molar refractivity (Wildman–Crippen MR) is 125 cm³/mol. The normalized spacial score (nSPS) is 13.7. The summed E-state index contributed by atoms with van der Waals surface area (Å²) in [6, 6.07) is 15.5. The van der Waals surface area contributed by atoms with Crippen LogP contribution in [0.1, 0.15) is 6.92 Å². The van der Waals surface area contributed by atoms with Crippen LogP contribution in [-0.4, -0.2) is 42.2 Å². The molecule has 0 aliphatic carbocycles. The van der Waals surface area contributed by atoms with Crippen LogP contribution in [0.15, 0.2) is 64.6 Å². The predicted octanol–water partition coefficient (Wildman–Crippen LogP) is 4.82. The number of benzene rings is 2. The minimum absolute atomic E-state index is 0.169. The molecule has 0 radical (unpaired) electrons. The zero-order valence-electron chi connectivity index (χ0n) is 17.0. The monoisotopic (exact) mass is 455 g/mol. The fraction of sp³-hybridized carbons (Fsp3) is 0.227. The molecule has 1 saturated heterocycles. The van der Waals surface area contributed by atoms with Crippen LogP contribution < -0.4 is 15.5 Å². The summed E-state index contributed by atoms with van der Waals surface area (Å²) < 4.78 is 5.41. The maximum Gasteiger partial charge on any atom is 0.228 e. The Labute approximate surface area is 190 Å². The number of ether oxygens (including phenoxy) is 1. The van der Waals surface area contributed by atoms with Crippen molar-refractivity contribution in [3.05, 3.63) is 59.8 Å². The highest BCUT2D eigenvalue weighted by Gasteiger charge is 2.12. The summed E-state index contributed by atoms with van der Waals surface area (Å²) in [5.74, 6) is 0.329. The molecule has 0 bridgehead atoms. The van der Waals surface area contributed by atoms with Crippen molar-refractivity contribution >= 4 is 52.3 Å². The first-order chi connectivity index (χ1) is 15.1. The second-order valence-corrected chi connectivity index (χ2v) is 8.33. The Morgan fingerprint density at radius 3 is 2.65 bits per heavy atom. The van der Waals surface area contributed by atoms with E-state index < -0.39 is 0 Å². The van der Waals surface area contributed by atoms with Crippen LogP contribution in [0.3, 0.4) is 0 Å². The van der Waals surface area contributed by atoms with E-state index in [0.717, 1.165) is 41.9 Å². The van der Waals surface area contributed by atoms with Crippen LogP contribution in [0.5, 0.6) is 0 Å². The van der Waals surface area contributed by atoms with E-state index in [1.807, 2.05) is 30.3 Å². The zero-order valence-corrected chi connectivity index (χ0v) is 18.5. The van der Waals surface area contributed by atoms with Crippen molar-refractivity contribution in [2.24, 2.45) is 0 Å². The Bertz CT molecular complexity index is 1060. The minimum atomic E-state index is -0.169. The number of morpholine rings is 1. The van der Waals surface area contributed by atoms with E-state index in [1.54, 1.807) is 12.3 Å². The van der Waals surface area contributed by atoms with E-state index in [4.69, 9.17) is 16.3 Å². The van der Waals surface area contributed by atoms with Crippen molar-refractivity contribution in [1.82, 2.24) is 9.97 Å². The Balaban J connectivity index is 1.45. The lowest BCUT2D eigenvalue weighted by atomic mass is 10.2. The van der Waals surface area contributed by atoms with Crippen LogP contribution in [0, 0.1) is 0 Å². The molecule has 0 saturated carbocycles. The standard InChI is InChI=1S/C22H22ClN5O2S/c1-15(29)25-18-3-2-4-19(21(18)23)31-20-9-10-24-22(27-20)26-16-5-7-17(8-6-16)28-11-13-30-14-12-28/h2-10H,11-14H2,1H3,(H,25,29)(H,24,26,27). The quantitative estimate of drug-likeness (QED) is 0.516. The van der Waals surface area contributed by atoms with Gasteiger partial charge in [0.25, 0.3) is 0 Å². The largest absolute Gasteiger partial charge is 0.378 e. The van der Waals surface area contributed by atoms with Gasteiger partial charge in [0.15, 0.2) is 0 Å². The number of hydrogen-bond acceptors (Lipinski definition) is 7.